The first-order valence-corrected chi connectivity index (χ1v) is 7.03. The third kappa shape index (κ3) is 3.96. The van der Waals surface area contributed by atoms with Crippen molar-refractivity contribution in [2.75, 3.05) is 11.9 Å². The molecule has 19 heavy (non-hydrogen) atoms. The van der Waals surface area contributed by atoms with E-state index in [1.165, 1.54) is 17.5 Å². The minimum atomic E-state index is -0.333. The third-order valence-corrected chi connectivity index (χ3v) is 3.59. The van der Waals surface area contributed by atoms with Gasteiger partial charge in [-0.15, -0.1) is 0 Å². The zero-order chi connectivity index (χ0) is 13.7. The Hall–Kier alpha value is -1.55. The molecular formula is C15H22N2O2. The number of aliphatic hydroxyl groups is 1. The Balaban J connectivity index is 1.79. The highest BCUT2D eigenvalue weighted by molar-refractivity contribution is 5.89. The maximum atomic E-state index is 11.7. The van der Waals surface area contributed by atoms with Gasteiger partial charge in [-0.2, -0.15) is 0 Å². The molecule has 1 aromatic carbocycles. The molecule has 1 atom stereocenters. The number of amides is 2. The van der Waals surface area contributed by atoms with Crippen molar-refractivity contribution in [1.29, 1.82) is 0 Å². The molecule has 0 bridgehead atoms. The van der Waals surface area contributed by atoms with Crippen molar-refractivity contribution >= 4 is 11.7 Å². The summed E-state index contributed by atoms with van der Waals surface area (Å²) >= 11 is 0. The van der Waals surface area contributed by atoms with Gasteiger partial charge in [-0.1, -0.05) is 13.0 Å². The first-order valence-electron chi connectivity index (χ1n) is 7.03. The van der Waals surface area contributed by atoms with Crippen LogP contribution in [-0.4, -0.2) is 23.8 Å². The van der Waals surface area contributed by atoms with Crippen molar-refractivity contribution < 1.29 is 9.90 Å². The van der Waals surface area contributed by atoms with E-state index in [9.17, 15) is 9.90 Å². The van der Waals surface area contributed by atoms with Gasteiger partial charge in [0.15, 0.2) is 0 Å². The molecule has 1 aliphatic rings. The number of carbonyl (C=O) groups is 1. The van der Waals surface area contributed by atoms with Crippen LogP contribution in [0.3, 0.4) is 0 Å². The molecule has 2 amide bonds. The van der Waals surface area contributed by atoms with Crippen molar-refractivity contribution in [2.24, 2.45) is 0 Å². The highest BCUT2D eigenvalue weighted by Gasteiger charge is 2.11. The van der Waals surface area contributed by atoms with Crippen LogP contribution in [0.15, 0.2) is 18.2 Å². The Morgan fingerprint density at radius 3 is 2.95 bits per heavy atom. The Labute approximate surface area is 114 Å². The highest BCUT2D eigenvalue weighted by atomic mass is 16.3. The summed E-state index contributed by atoms with van der Waals surface area (Å²) in [5.41, 5.74) is 3.59. The number of hydrogen-bond acceptors (Lipinski definition) is 2. The van der Waals surface area contributed by atoms with Crippen LogP contribution < -0.4 is 10.6 Å². The topological polar surface area (TPSA) is 61.4 Å². The van der Waals surface area contributed by atoms with E-state index in [-0.39, 0.29) is 12.1 Å². The highest BCUT2D eigenvalue weighted by Crippen LogP contribution is 2.24. The van der Waals surface area contributed by atoms with E-state index in [0.717, 1.165) is 18.5 Å². The van der Waals surface area contributed by atoms with Crippen LogP contribution in [0.1, 0.15) is 37.3 Å². The van der Waals surface area contributed by atoms with Crippen LogP contribution in [0, 0.1) is 0 Å². The molecule has 3 N–H and O–H groups in total. The fourth-order valence-corrected chi connectivity index (χ4v) is 2.38. The predicted molar refractivity (Wildman–Crippen MR) is 76.4 cm³/mol. The lowest BCUT2D eigenvalue weighted by molar-refractivity contribution is 0.160. The molecule has 1 aliphatic carbocycles. The number of hydrogen-bond donors (Lipinski definition) is 3. The fraction of sp³-hybridized carbons (Fsp3) is 0.533. The van der Waals surface area contributed by atoms with Crippen LogP contribution in [0.25, 0.3) is 0 Å². The van der Waals surface area contributed by atoms with Gasteiger partial charge in [0.05, 0.1) is 6.10 Å². The molecule has 0 radical (unpaired) electrons. The van der Waals surface area contributed by atoms with Gasteiger partial charge in [-0.3, -0.25) is 0 Å². The largest absolute Gasteiger partial charge is 0.393 e. The number of urea groups is 1. The molecule has 0 heterocycles. The second kappa shape index (κ2) is 6.57. The van der Waals surface area contributed by atoms with Crippen LogP contribution >= 0.6 is 0 Å². The third-order valence-electron chi connectivity index (χ3n) is 3.59. The quantitative estimate of drug-likeness (QED) is 0.763. The van der Waals surface area contributed by atoms with Crippen molar-refractivity contribution in [3.8, 4) is 0 Å². The Morgan fingerprint density at radius 1 is 1.37 bits per heavy atom. The van der Waals surface area contributed by atoms with Crippen molar-refractivity contribution in [2.45, 2.75) is 45.1 Å². The summed E-state index contributed by atoms with van der Waals surface area (Å²) in [5, 5.41) is 15.0. The number of nitrogens with one attached hydrogen (secondary N) is 2. The molecule has 4 heteroatoms. The molecule has 0 fully saturated rings. The van der Waals surface area contributed by atoms with Crippen molar-refractivity contribution in [3.05, 3.63) is 29.3 Å². The number of carbonyl (C=O) groups excluding carboxylic acids is 1. The van der Waals surface area contributed by atoms with Crippen LogP contribution in [-0.2, 0) is 12.8 Å². The molecule has 0 spiro atoms. The van der Waals surface area contributed by atoms with E-state index in [0.29, 0.717) is 19.4 Å². The SMILES string of the molecule is CCC(O)CCNC(=O)Nc1ccc2c(c1)CCC2. The normalized spacial score (nSPS) is 14.8. The first kappa shape index (κ1) is 13.9. The minimum absolute atomic E-state index is 0.207. The molecule has 0 aromatic heterocycles. The molecule has 0 saturated heterocycles. The zero-order valence-electron chi connectivity index (χ0n) is 11.4. The van der Waals surface area contributed by atoms with Gasteiger partial charge < -0.3 is 15.7 Å². The van der Waals surface area contributed by atoms with Crippen LogP contribution in [0.2, 0.25) is 0 Å². The molecule has 4 nitrogen and oxygen atoms in total. The second-order valence-corrected chi connectivity index (χ2v) is 5.07. The van der Waals surface area contributed by atoms with E-state index in [4.69, 9.17) is 0 Å². The molecule has 104 valence electrons. The lowest BCUT2D eigenvalue weighted by Gasteiger charge is -2.11. The summed E-state index contributed by atoms with van der Waals surface area (Å²) < 4.78 is 0. The monoisotopic (exact) mass is 262 g/mol. The van der Waals surface area contributed by atoms with Gasteiger partial charge in [0.1, 0.15) is 0 Å². The van der Waals surface area contributed by atoms with E-state index >= 15 is 0 Å². The van der Waals surface area contributed by atoms with Gasteiger partial charge in [-0.25, -0.2) is 4.79 Å². The smallest absolute Gasteiger partial charge is 0.319 e. The molecule has 1 aromatic rings. The predicted octanol–water partition coefficient (Wildman–Crippen LogP) is 2.46. The fourth-order valence-electron chi connectivity index (χ4n) is 2.38. The zero-order valence-corrected chi connectivity index (χ0v) is 11.4. The first-order chi connectivity index (χ1) is 9.19. The molecular weight excluding hydrogens is 240 g/mol. The number of rotatable bonds is 5. The van der Waals surface area contributed by atoms with E-state index in [2.05, 4.69) is 22.8 Å². The van der Waals surface area contributed by atoms with Crippen LogP contribution in [0.5, 0.6) is 0 Å². The average molecular weight is 262 g/mol. The van der Waals surface area contributed by atoms with Gasteiger partial charge >= 0.3 is 6.03 Å². The lowest BCUT2D eigenvalue weighted by atomic mass is 10.1. The number of aliphatic hydroxyl groups excluding tert-OH is 1. The molecule has 0 aliphatic heterocycles. The maximum Gasteiger partial charge on any atom is 0.319 e. The summed E-state index contributed by atoms with van der Waals surface area (Å²) in [5.74, 6) is 0. The van der Waals surface area contributed by atoms with Crippen molar-refractivity contribution in [1.82, 2.24) is 5.32 Å². The number of benzene rings is 1. The van der Waals surface area contributed by atoms with E-state index in [1.54, 1.807) is 0 Å². The van der Waals surface area contributed by atoms with Crippen molar-refractivity contribution in [3.63, 3.8) is 0 Å². The number of aryl methyl sites for hydroxylation is 2. The minimum Gasteiger partial charge on any atom is -0.393 e. The molecule has 0 saturated carbocycles. The second-order valence-electron chi connectivity index (χ2n) is 5.07. The Bertz CT molecular complexity index is 446. The lowest BCUT2D eigenvalue weighted by Crippen LogP contribution is -2.31. The number of anilines is 1. The van der Waals surface area contributed by atoms with Gasteiger partial charge in [-0.05, 0) is 55.4 Å². The summed E-state index contributed by atoms with van der Waals surface area (Å²) in [6.07, 6.45) is 4.44. The molecule has 1 unspecified atom stereocenters. The summed E-state index contributed by atoms with van der Waals surface area (Å²) in [4.78, 5) is 11.7. The Morgan fingerprint density at radius 2 is 2.16 bits per heavy atom. The summed E-state index contributed by atoms with van der Waals surface area (Å²) in [6.45, 7) is 2.42. The maximum absolute atomic E-state index is 11.7. The number of fused-ring (bicyclic) bond motifs is 1. The Kier molecular flexibility index (Phi) is 4.80. The van der Waals surface area contributed by atoms with Crippen LogP contribution in [0.4, 0.5) is 10.5 Å². The summed E-state index contributed by atoms with van der Waals surface area (Å²) in [6, 6.07) is 5.90. The summed E-state index contributed by atoms with van der Waals surface area (Å²) in [7, 11) is 0. The van der Waals surface area contributed by atoms with Gasteiger partial charge in [0, 0.05) is 12.2 Å². The van der Waals surface area contributed by atoms with Gasteiger partial charge in [0.25, 0.3) is 0 Å². The molecule has 2 rings (SSSR count). The van der Waals surface area contributed by atoms with E-state index in [1.807, 2.05) is 13.0 Å². The standard InChI is InChI=1S/C15H22N2O2/c1-2-14(18)8-9-16-15(19)17-13-7-6-11-4-3-5-12(11)10-13/h6-7,10,14,18H,2-5,8-9H2,1H3,(H2,16,17,19). The van der Waals surface area contributed by atoms with E-state index < -0.39 is 0 Å². The average Bonchev–Trinajstić information content (AvgIpc) is 2.85. The van der Waals surface area contributed by atoms with Gasteiger partial charge in [0.2, 0.25) is 0 Å².